The quantitative estimate of drug-likeness (QED) is 0.0380. The molecular formula is C108H162N6O18. The molecule has 0 aliphatic carbocycles. The number of aromatic hydroxyl groups is 6. The number of fused-ring (bicyclic) bond motifs is 18. The van der Waals surface area contributed by atoms with Gasteiger partial charge in [0.2, 0.25) is 0 Å². The number of aliphatic hydroxyl groups excluding tert-OH is 6. The van der Waals surface area contributed by atoms with Crippen molar-refractivity contribution in [2.45, 2.75) is 272 Å². The smallest absolute Gasteiger partial charge is 0.160 e. The van der Waals surface area contributed by atoms with Gasteiger partial charge in [0, 0.05) is 115 Å². The van der Waals surface area contributed by atoms with Crippen LogP contribution in [0.2, 0.25) is 0 Å². The summed E-state index contributed by atoms with van der Waals surface area (Å²) in [5.74, 6) is 10.4. The topological polar surface area (TPSA) is 318 Å². The van der Waals surface area contributed by atoms with Crippen molar-refractivity contribution in [1.29, 1.82) is 0 Å². The minimum absolute atomic E-state index is 0.212. The van der Waals surface area contributed by atoms with Crippen molar-refractivity contribution in [2.24, 2.45) is 71.0 Å². The van der Waals surface area contributed by atoms with Crippen molar-refractivity contribution in [3.63, 3.8) is 0 Å². The van der Waals surface area contributed by atoms with Gasteiger partial charge >= 0.3 is 0 Å². The van der Waals surface area contributed by atoms with Crippen LogP contribution in [0.1, 0.15) is 263 Å². The molecule has 24 nitrogen and oxygen atoms in total. The molecule has 0 radical (unpaired) electrons. The lowest BCUT2D eigenvalue weighted by Gasteiger charge is -2.46. The summed E-state index contributed by atoms with van der Waals surface area (Å²) >= 11 is 0. The van der Waals surface area contributed by atoms with Crippen LogP contribution in [0.4, 0.5) is 0 Å². The van der Waals surface area contributed by atoms with Crippen molar-refractivity contribution in [3.05, 3.63) is 140 Å². The molecule has 12 aliphatic heterocycles. The molecule has 0 aromatic heterocycles. The Balaban J connectivity index is 0.000000135. The Morgan fingerprint density at radius 1 is 0.227 bits per heavy atom. The molecule has 6 fully saturated rings. The maximum atomic E-state index is 10.6. The van der Waals surface area contributed by atoms with Crippen LogP contribution < -0.4 is 28.4 Å². The molecule has 132 heavy (non-hydrogen) atoms. The molecule has 6 aromatic rings. The molecule has 12 heterocycles. The number of hydrogen-bond donors (Lipinski definition) is 12. The highest BCUT2D eigenvalue weighted by Crippen LogP contribution is 2.52. The lowest BCUT2D eigenvalue weighted by molar-refractivity contribution is -0.0192. The summed E-state index contributed by atoms with van der Waals surface area (Å²) < 4.78 is 31.6. The fourth-order valence-electron chi connectivity index (χ4n) is 24.7. The minimum atomic E-state index is -0.241. The first-order valence-corrected chi connectivity index (χ1v) is 49.9. The SMILES string of the molecule is COc1cc2c(cc1O)CCN1C[C@@H](CC(C)C)[C@@H](O)C[C@H]21.COc1cc2c(cc1O)CCN1C[C@@H](CC(C)C)[C@H](O)C[C@@H]21.COc1cc2c(cc1O)CCN1C[C@@H](CC(C)C)[C@H](O)C[C@H]21.COc1cc2c(cc1O)CCN1C[C@H](CC(C)C)[C@@H](O)C[C@@H]21.COc1cc2c(cc1O)CCN1C[C@H](CC(C)C)[C@@H](O)C[C@H]21.COc1cc2c(cc1O)CCN1C[C@H](CC(C)C)[C@H](O)C[C@@H]21. The minimum Gasteiger partial charge on any atom is -0.504 e. The van der Waals surface area contributed by atoms with Crippen molar-refractivity contribution in [2.75, 3.05) is 121 Å². The van der Waals surface area contributed by atoms with Gasteiger partial charge in [0.15, 0.2) is 69.0 Å². The number of piperidine rings is 6. The molecule has 18 atom stereocenters. The van der Waals surface area contributed by atoms with Crippen LogP contribution in [-0.2, 0) is 38.5 Å². The molecule has 0 bridgehead atoms. The van der Waals surface area contributed by atoms with E-state index in [1.54, 1.807) is 42.7 Å². The second kappa shape index (κ2) is 45.2. The number of hydrogen-bond acceptors (Lipinski definition) is 24. The predicted octanol–water partition coefficient (Wildman–Crippen LogP) is 16.4. The molecule has 18 rings (SSSR count). The van der Waals surface area contributed by atoms with Crippen LogP contribution in [0.25, 0.3) is 0 Å². The van der Waals surface area contributed by atoms with Crippen LogP contribution in [0.15, 0.2) is 72.8 Å². The Bertz CT molecular complexity index is 4020. The van der Waals surface area contributed by atoms with Gasteiger partial charge < -0.3 is 89.7 Å². The van der Waals surface area contributed by atoms with Gasteiger partial charge in [-0.3, -0.25) is 29.4 Å². The normalized spacial score (nSPS) is 28.3. The Labute approximate surface area is 787 Å². The summed E-state index contributed by atoms with van der Waals surface area (Å²) in [5.41, 5.74) is 14.4. The fourth-order valence-corrected chi connectivity index (χ4v) is 24.7. The number of phenolic OH excluding ortho intramolecular Hbond substituents is 6. The van der Waals surface area contributed by atoms with E-state index < -0.39 is 0 Å². The first-order chi connectivity index (χ1) is 62.9. The van der Waals surface area contributed by atoms with E-state index in [4.69, 9.17) is 28.4 Å². The van der Waals surface area contributed by atoms with Gasteiger partial charge in [0.25, 0.3) is 0 Å². The average molecular weight is 1830 g/mol. The van der Waals surface area contributed by atoms with E-state index in [2.05, 4.69) is 112 Å². The average Bonchev–Trinajstić information content (AvgIpc) is 0.793. The van der Waals surface area contributed by atoms with E-state index in [1.165, 1.54) is 66.8 Å². The van der Waals surface area contributed by atoms with Crippen LogP contribution in [0.3, 0.4) is 0 Å². The number of aliphatic hydroxyl groups is 6. The van der Waals surface area contributed by atoms with Gasteiger partial charge in [0.05, 0.1) is 79.3 Å². The van der Waals surface area contributed by atoms with E-state index in [0.29, 0.717) is 106 Å². The molecule has 6 saturated heterocycles. The number of methoxy groups -OCH3 is 6. The van der Waals surface area contributed by atoms with Crippen LogP contribution in [0.5, 0.6) is 69.0 Å². The maximum Gasteiger partial charge on any atom is 0.160 e. The van der Waals surface area contributed by atoms with Gasteiger partial charge in [-0.25, -0.2) is 0 Å². The maximum absolute atomic E-state index is 10.6. The fraction of sp³-hybridized carbons (Fsp3) is 0.667. The molecule has 24 heteroatoms. The van der Waals surface area contributed by atoms with E-state index in [9.17, 15) is 61.3 Å². The number of rotatable bonds is 18. The van der Waals surface area contributed by atoms with Gasteiger partial charge in [-0.1, -0.05) is 83.1 Å². The highest BCUT2D eigenvalue weighted by Gasteiger charge is 2.46. The first kappa shape index (κ1) is 102. The van der Waals surface area contributed by atoms with E-state index in [-0.39, 0.29) is 107 Å². The summed E-state index contributed by atoms with van der Waals surface area (Å²) in [6.45, 7) is 38.5. The number of nitrogens with zero attached hydrogens (tertiary/aromatic N) is 6. The van der Waals surface area contributed by atoms with Gasteiger partial charge in [0.1, 0.15) is 0 Å². The Kier molecular flexibility index (Phi) is 34.8. The van der Waals surface area contributed by atoms with Crippen molar-refractivity contribution in [3.8, 4) is 69.0 Å². The zero-order chi connectivity index (χ0) is 95.1. The van der Waals surface area contributed by atoms with Gasteiger partial charge in [-0.2, -0.15) is 0 Å². The van der Waals surface area contributed by atoms with Gasteiger partial charge in [-0.05, 0) is 326 Å². The third-order valence-corrected chi connectivity index (χ3v) is 31.0. The van der Waals surface area contributed by atoms with Crippen molar-refractivity contribution in [1.82, 2.24) is 29.4 Å². The third-order valence-electron chi connectivity index (χ3n) is 31.0. The summed E-state index contributed by atoms with van der Waals surface area (Å²) in [6.07, 6.45) is 15.4. The summed E-state index contributed by atoms with van der Waals surface area (Å²) in [4.78, 5) is 15.0. The molecule has 12 N–H and O–H groups in total. The first-order valence-electron chi connectivity index (χ1n) is 49.9. The zero-order valence-electron chi connectivity index (χ0n) is 82.5. The molecule has 0 spiro atoms. The summed E-state index contributed by atoms with van der Waals surface area (Å²) in [5, 5.41) is 123. The van der Waals surface area contributed by atoms with Crippen LogP contribution in [-0.4, -0.2) is 248 Å². The highest BCUT2D eigenvalue weighted by molar-refractivity contribution is 5.54. The highest BCUT2D eigenvalue weighted by atomic mass is 16.5. The molecule has 0 amide bonds. The molecule has 12 aliphatic rings. The number of benzene rings is 6. The van der Waals surface area contributed by atoms with Crippen LogP contribution in [0, 0.1) is 71.0 Å². The molecule has 6 aromatic carbocycles. The summed E-state index contributed by atoms with van der Waals surface area (Å²) in [6, 6.07) is 24.2. The van der Waals surface area contributed by atoms with E-state index >= 15 is 0 Å². The zero-order valence-corrected chi connectivity index (χ0v) is 82.5. The number of ether oxygens (including phenoxy) is 6. The number of phenols is 6. The molecular weight excluding hydrogens is 1670 g/mol. The van der Waals surface area contributed by atoms with Gasteiger partial charge in [-0.15, -0.1) is 0 Å². The Morgan fingerprint density at radius 2 is 0.356 bits per heavy atom. The molecule has 0 saturated carbocycles. The van der Waals surface area contributed by atoms with E-state index in [0.717, 1.165) is 194 Å². The predicted molar refractivity (Wildman–Crippen MR) is 517 cm³/mol. The van der Waals surface area contributed by atoms with Crippen molar-refractivity contribution < 1.29 is 89.7 Å². The molecule has 732 valence electrons. The third kappa shape index (κ3) is 24.0. The van der Waals surface area contributed by atoms with Crippen molar-refractivity contribution >= 4 is 0 Å². The standard InChI is InChI=1S/6C18H27NO3/c6*1-11(2)6-13-10-19-5-4-12-7-17(21)18(22-3)8-14(12)15(19)9-16(13)20/h6*7-8,11,13,15-16,20-21H,4-6,9-10H2,1-3H3/t2*13-,15+,16-;2*13-,15-,16+;2*13-,15-,16-/m101010/s1. The largest absolute Gasteiger partial charge is 0.504 e. The second-order valence-electron chi connectivity index (χ2n) is 43.1. The van der Waals surface area contributed by atoms with E-state index in [1.807, 2.05) is 72.8 Å². The lowest BCUT2D eigenvalue weighted by atomic mass is 9.79. The monoisotopic (exact) mass is 1830 g/mol. The molecule has 0 unspecified atom stereocenters. The Hall–Kier alpha value is -7.56. The lowest BCUT2D eigenvalue weighted by Crippen LogP contribution is -2.48. The summed E-state index contributed by atoms with van der Waals surface area (Å²) in [7, 11) is 9.48. The second-order valence-corrected chi connectivity index (χ2v) is 43.1. The van der Waals surface area contributed by atoms with Crippen LogP contribution >= 0.6 is 0 Å². The Morgan fingerprint density at radius 3 is 0.470 bits per heavy atom.